The highest BCUT2D eigenvalue weighted by molar-refractivity contribution is 5.49. The Labute approximate surface area is 166 Å². The van der Waals surface area contributed by atoms with Crippen LogP contribution >= 0.6 is 0 Å². The highest BCUT2D eigenvalue weighted by atomic mass is 14.3. The van der Waals surface area contributed by atoms with Crippen molar-refractivity contribution in [2.75, 3.05) is 0 Å². The zero-order chi connectivity index (χ0) is 18.9. The smallest absolute Gasteiger partial charge is 0.0162 e. The number of allylic oxidation sites excluding steroid dienone is 1. The van der Waals surface area contributed by atoms with E-state index in [9.17, 15) is 0 Å². The van der Waals surface area contributed by atoms with E-state index in [4.69, 9.17) is 0 Å². The van der Waals surface area contributed by atoms with Crippen LogP contribution in [0.5, 0.6) is 0 Å². The van der Waals surface area contributed by atoms with Gasteiger partial charge in [-0.25, -0.2) is 0 Å². The van der Waals surface area contributed by atoms with E-state index in [-0.39, 0.29) is 0 Å². The third kappa shape index (κ3) is 6.09. The lowest BCUT2D eigenvalue weighted by atomic mass is 9.77. The first kappa shape index (κ1) is 19.9. The van der Waals surface area contributed by atoms with E-state index < -0.39 is 0 Å². The van der Waals surface area contributed by atoms with Gasteiger partial charge in [-0.3, -0.25) is 0 Å². The van der Waals surface area contributed by atoms with Crippen molar-refractivity contribution in [1.82, 2.24) is 0 Å². The van der Waals surface area contributed by atoms with Gasteiger partial charge in [0.05, 0.1) is 0 Å². The quantitative estimate of drug-likeness (QED) is 0.448. The maximum atomic E-state index is 2.40. The molecule has 0 amide bonds. The molecule has 0 nitrogen and oxygen atoms in total. The van der Waals surface area contributed by atoms with E-state index in [1.54, 1.807) is 5.56 Å². The number of hydrogen-bond acceptors (Lipinski definition) is 0. The lowest BCUT2D eigenvalue weighted by molar-refractivity contribution is 0.308. The monoisotopic (exact) mass is 360 g/mol. The number of aryl methyl sites for hydroxylation is 2. The summed E-state index contributed by atoms with van der Waals surface area (Å²) in [7, 11) is 0. The number of hydrogen-bond donors (Lipinski definition) is 0. The van der Waals surface area contributed by atoms with Crippen LogP contribution in [0.25, 0.3) is 6.08 Å². The molecule has 2 aromatic rings. The molecule has 1 aliphatic carbocycles. The fourth-order valence-corrected chi connectivity index (χ4v) is 4.49. The van der Waals surface area contributed by atoms with Crippen molar-refractivity contribution in [3.63, 3.8) is 0 Å². The third-order valence-corrected chi connectivity index (χ3v) is 6.22. The second-order valence-corrected chi connectivity index (χ2v) is 8.30. The molecule has 0 N–H and O–H groups in total. The van der Waals surface area contributed by atoms with E-state index >= 15 is 0 Å². The van der Waals surface area contributed by atoms with Gasteiger partial charge in [0.2, 0.25) is 0 Å². The summed E-state index contributed by atoms with van der Waals surface area (Å²) in [6.45, 7) is 4.50. The van der Waals surface area contributed by atoms with Gasteiger partial charge in [0.25, 0.3) is 0 Å². The van der Waals surface area contributed by atoms with E-state index in [0.29, 0.717) is 0 Å². The molecule has 144 valence electrons. The molecule has 0 heteroatoms. The Balaban J connectivity index is 1.48. The van der Waals surface area contributed by atoms with Crippen molar-refractivity contribution in [3.8, 4) is 0 Å². The summed E-state index contributed by atoms with van der Waals surface area (Å²) in [5.41, 5.74) is 5.77. The second-order valence-electron chi connectivity index (χ2n) is 8.30. The lowest BCUT2D eigenvalue weighted by Gasteiger charge is -2.28. The molecule has 27 heavy (non-hydrogen) atoms. The Morgan fingerprint density at radius 3 is 1.93 bits per heavy atom. The van der Waals surface area contributed by atoms with Gasteiger partial charge < -0.3 is 0 Å². The van der Waals surface area contributed by atoms with Crippen LogP contribution in [-0.4, -0.2) is 0 Å². The van der Waals surface area contributed by atoms with Gasteiger partial charge in [-0.15, -0.1) is 0 Å². The second kappa shape index (κ2) is 10.5. The SMILES string of the molecule is CC/C=C/c1ccc(CCc2ccc(C3CCC(CCC)CC3)cc2)cc1. The predicted octanol–water partition coefficient (Wildman–Crippen LogP) is 7.97. The highest BCUT2D eigenvalue weighted by Gasteiger charge is 2.21. The summed E-state index contributed by atoms with van der Waals surface area (Å²) in [5.74, 6) is 1.80. The van der Waals surface area contributed by atoms with Gasteiger partial charge in [0.1, 0.15) is 0 Å². The minimum Gasteiger partial charge on any atom is -0.0842 e. The van der Waals surface area contributed by atoms with Crippen LogP contribution in [0.1, 0.15) is 87.0 Å². The summed E-state index contributed by atoms with van der Waals surface area (Å²) in [4.78, 5) is 0. The maximum absolute atomic E-state index is 2.40. The van der Waals surface area contributed by atoms with E-state index in [1.807, 2.05) is 0 Å². The van der Waals surface area contributed by atoms with E-state index in [1.165, 1.54) is 55.2 Å². The molecule has 0 saturated heterocycles. The van der Waals surface area contributed by atoms with E-state index in [0.717, 1.165) is 31.1 Å². The van der Waals surface area contributed by atoms with Gasteiger partial charge in [0, 0.05) is 0 Å². The van der Waals surface area contributed by atoms with Crippen LogP contribution in [0.2, 0.25) is 0 Å². The van der Waals surface area contributed by atoms with Gasteiger partial charge >= 0.3 is 0 Å². The van der Waals surface area contributed by atoms with Crippen LogP contribution in [0.15, 0.2) is 54.6 Å². The van der Waals surface area contributed by atoms with Gasteiger partial charge in [-0.05, 0) is 79.0 Å². The first-order valence-electron chi connectivity index (χ1n) is 11.1. The predicted molar refractivity (Wildman–Crippen MR) is 119 cm³/mol. The largest absolute Gasteiger partial charge is 0.0842 e. The highest BCUT2D eigenvalue weighted by Crippen LogP contribution is 2.37. The normalized spacial score (nSPS) is 20.2. The van der Waals surface area contributed by atoms with Crippen LogP contribution < -0.4 is 0 Å². The first-order chi connectivity index (χ1) is 13.3. The standard InChI is InChI=1S/C27H36/c1-3-5-7-23-8-10-24(11-9-23)12-13-25-16-20-27(21-17-25)26-18-14-22(6-4-2)15-19-26/h5,7-11,16-17,20-22,26H,3-4,6,12-15,18-19H2,1-2H3/b7-5+. The molecule has 0 heterocycles. The van der Waals surface area contributed by atoms with Crippen LogP contribution in [-0.2, 0) is 12.8 Å². The molecule has 0 aromatic heterocycles. The summed E-state index contributed by atoms with van der Waals surface area (Å²) >= 11 is 0. The van der Waals surface area contributed by atoms with Crippen LogP contribution in [0.3, 0.4) is 0 Å². The number of benzene rings is 2. The Morgan fingerprint density at radius 1 is 0.778 bits per heavy atom. The molecule has 1 saturated carbocycles. The Morgan fingerprint density at radius 2 is 1.37 bits per heavy atom. The fraction of sp³-hybridized carbons (Fsp3) is 0.481. The summed E-state index contributed by atoms with van der Waals surface area (Å²) < 4.78 is 0. The molecule has 2 aromatic carbocycles. The minimum atomic E-state index is 0.802. The molecule has 0 atom stereocenters. The molecule has 3 rings (SSSR count). The average molecular weight is 361 g/mol. The Kier molecular flexibility index (Phi) is 7.75. The summed E-state index contributed by atoms with van der Waals surface area (Å²) in [5, 5.41) is 0. The van der Waals surface area contributed by atoms with Gasteiger partial charge in [0.15, 0.2) is 0 Å². The molecular formula is C27H36. The fourth-order valence-electron chi connectivity index (χ4n) is 4.49. The summed E-state index contributed by atoms with van der Waals surface area (Å²) in [6.07, 6.45) is 16.2. The molecule has 0 aliphatic heterocycles. The maximum Gasteiger partial charge on any atom is -0.0162 e. The first-order valence-corrected chi connectivity index (χ1v) is 11.1. The van der Waals surface area contributed by atoms with Crippen molar-refractivity contribution < 1.29 is 0 Å². The molecule has 1 aliphatic rings. The van der Waals surface area contributed by atoms with Crippen molar-refractivity contribution >= 4 is 6.08 Å². The Hall–Kier alpha value is -1.82. The zero-order valence-corrected chi connectivity index (χ0v) is 17.3. The van der Waals surface area contributed by atoms with Crippen LogP contribution in [0, 0.1) is 5.92 Å². The summed E-state index contributed by atoms with van der Waals surface area (Å²) in [6, 6.07) is 18.6. The topological polar surface area (TPSA) is 0 Å². The molecular weight excluding hydrogens is 324 g/mol. The van der Waals surface area contributed by atoms with Crippen LogP contribution in [0.4, 0.5) is 0 Å². The number of rotatable bonds is 8. The molecule has 0 radical (unpaired) electrons. The van der Waals surface area contributed by atoms with Crippen molar-refractivity contribution in [2.45, 2.75) is 77.6 Å². The molecule has 0 bridgehead atoms. The van der Waals surface area contributed by atoms with Crippen molar-refractivity contribution in [3.05, 3.63) is 76.9 Å². The Bertz CT molecular complexity index is 682. The zero-order valence-electron chi connectivity index (χ0n) is 17.3. The minimum absolute atomic E-state index is 0.802. The third-order valence-electron chi connectivity index (χ3n) is 6.22. The average Bonchev–Trinajstić information content (AvgIpc) is 2.73. The molecule has 1 fully saturated rings. The van der Waals surface area contributed by atoms with E-state index in [2.05, 4.69) is 74.5 Å². The molecule has 0 spiro atoms. The van der Waals surface area contributed by atoms with Gasteiger partial charge in [-0.1, -0.05) is 87.4 Å². The van der Waals surface area contributed by atoms with Crippen molar-refractivity contribution in [2.24, 2.45) is 5.92 Å². The molecule has 0 unspecified atom stereocenters. The lowest BCUT2D eigenvalue weighted by Crippen LogP contribution is -2.13. The van der Waals surface area contributed by atoms with Gasteiger partial charge in [-0.2, -0.15) is 0 Å². The van der Waals surface area contributed by atoms with Crippen molar-refractivity contribution in [1.29, 1.82) is 0 Å².